The number of aromatic amines is 1. The molecule has 2 rings (SSSR count). The van der Waals surface area contributed by atoms with Crippen molar-refractivity contribution >= 4 is 11.9 Å². The van der Waals surface area contributed by atoms with E-state index in [1.54, 1.807) is 6.92 Å². The number of anilines is 1. The molecule has 82 valence electrons. The molecule has 1 heterocycles. The second-order valence-corrected chi connectivity index (χ2v) is 3.21. The van der Waals surface area contributed by atoms with Crippen LogP contribution >= 0.6 is 0 Å². The highest BCUT2D eigenvalue weighted by Gasteiger charge is 2.08. The summed E-state index contributed by atoms with van der Waals surface area (Å²) in [7, 11) is 0. The van der Waals surface area contributed by atoms with Crippen molar-refractivity contribution in [2.24, 2.45) is 0 Å². The van der Waals surface area contributed by atoms with Gasteiger partial charge in [0.25, 0.3) is 5.91 Å². The average molecular weight is 220 g/mol. The molecule has 1 amide bonds. The van der Waals surface area contributed by atoms with Crippen LogP contribution in [-0.2, 0) is 0 Å². The lowest BCUT2D eigenvalue weighted by Crippen LogP contribution is -2.12. The molecule has 16 heavy (non-hydrogen) atoms. The van der Waals surface area contributed by atoms with Gasteiger partial charge in [-0.1, -0.05) is 0 Å². The SMILES string of the molecule is Cc1nc(NC(=O)c2ccc(F)cc2)n[nH]1. The average Bonchev–Trinajstić information content (AvgIpc) is 2.65. The normalized spacial score (nSPS) is 10.1. The molecule has 2 N–H and O–H groups in total. The number of carbonyl (C=O) groups is 1. The Balaban J connectivity index is 2.11. The van der Waals surface area contributed by atoms with E-state index in [0.29, 0.717) is 11.4 Å². The maximum atomic E-state index is 12.6. The molecule has 0 saturated heterocycles. The topological polar surface area (TPSA) is 70.7 Å². The fourth-order valence-electron chi connectivity index (χ4n) is 1.17. The van der Waals surface area contributed by atoms with Gasteiger partial charge in [-0.2, -0.15) is 4.98 Å². The van der Waals surface area contributed by atoms with Gasteiger partial charge in [-0.05, 0) is 31.2 Å². The highest BCUT2D eigenvalue weighted by Crippen LogP contribution is 2.05. The van der Waals surface area contributed by atoms with E-state index >= 15 is 0 Å². The van der Waals surface area contributed by atoms with Crippen LogP contribution in [0.2, 0.25) is 0 Å². The molecular formula is C10H9FN4O. The van der Waals surface area contributed by atoms with E-state index in [4.69, 9.17) is 0 Å². The first-order valence-corrected chi connectivity index (χ1v) is 4.61. The van der Waals surface area contributed by atoms with Gasteiger partial charge in [0.05, 0.1) is 0 Å². The van der Waals surface area contributed by atoms with Crippen LogP contribution in [0.15, 0.2) is 24.3 Å². The molecule has 0 spiro atoms. The summed E-state index contributed by atoms with van der Waals surface area (Å²) in [5, 5.41) is 8.84. The van der Waals surface area contributed by atoms with Crippen molar-refractivity contribution < 1.29 is 9.18 Å². The fourth-order valence-corrected chi connectivity index (χ4v) is 1.17. The quantitative estimate of drug-likeness (QED) is 0.805. The van der Waals surface area contributed by atoms with Gasteiger partial charge in [0.1, 0.15) is 11.6 Å². The minimum Gasteiger partial charge on any atom is -0.289 e. The molecule has 0 radical (unpaired) electrons. The zero-order chi connectivity index (χ0) is 11.5. The maximum Gasteiger partial charge on any atom is 0.258 e. The molecule has 6 heteroatoms. The van der Waals surface area contributed by atoms with Gasteiger partial charge < -0.3 is 0 Å². The van der Waals surface area contributed by atoms with Gasteiger partial charge >= 0.3 is 0 Å². The summed E-state index contributed by atoms with van der Waals surface area (Å²) < 4.78 is 12.6. The molecule has 0 saturated carbocycles. The number of carbonyl (C=O) groups excluding carboxylic acids is 1. The number of amides is 1. The third-order valence-corrected chi connectivity index (χ3v) is 1.93. The highest BCUT2D eigenvalue weighted by molar-refractivity contribution is 6.03. The molecule has 0 aliphatic carbocycles. The van der Waals surface area contributed by atoms with Crippen LogP contribution in [0, 0.1) is 12.7 Å². The third-order valence-electron chi connectivity index (χ3n) is 1.93. The van der Waals surface area contributed by atoms with Crippen LogP contribution in [0.1, 0.15) is 16.2 Å². The summed E-state index contributed by atoms with van der Waals surface area (Å²) in [6.45, 7) is 1.72. The first-order valence-electron chi connectivity index (χ1n) is 4.61. The minimum atomic E-state index is -0.384. The van der Waals surface area contributed by atoms with Gasteiger partial charge in [0.2, 0.25) is 5.95 Å². The number of benzene rings is 1. The second-order valence-electron chi connectivity index (χ2n) is 3.21. The first kappa shape index (κ1) is 10.3. The van der Waals surface area contributed by atoms with E-state index in [-0.39, 0.29) is 17.7 Å². The smallest absolute Gasteiger partial charge is 0.258 e. The third kappa shape index (κ3) is 2.22. The van der Waals surface area contributed by atoms with Crippen molar-refractivity contribution in [2.75, 3.05) is 5.32 Å². The predicted octanol–water partition coefficient (Wildman–Crippen LogP) is 1.50. The largest absolute Gasteiger partial charge is 0.289 e. The molecule has 1 aromatic carbocycles. The Bertz CT molecular complexity index is 506. The zero-order valence-electron chi connectivity index (χ0n) is 8.49. The van der Waals surface area contributed by atoms with Crippen LogP contribution < -0.4 is 5.32 Å². The molecule has 0 aliphatic heterocycles. The van der Waals surface area contributed by atoms with E-state index < -0.39 is 0 Å². The lowest BCUT2D eigenvalue weighted by atomic mass is 10.2. The van der Waals surface area contributed by atoms with Crippen molar-refractivity contribution in [1.82, 2.24) is 15.2 Å². The van der Waals surface area contributed by atoms with Crippen LogP contribution in [0.4, 0.5) is 10.3 Å². The summed E-state index contributed by atoms with van der Waals surface area (Å²) in [6, 6.07) is 5.23. The van der Waals surface area contributed by atoms with Crippen LogP contribution in [0.5, 0.6) is 0 Å². The minimum absolute atomic E-state index is 0.201. The number of halogens is 1. The van der Waals surface area contributed by atoms with Crippen LogP contribution in [0.25, 0.3) is 0 Å². The summed E-state index contributed by atoms with van der Waals surface area (Å²) in [5.74, 6) is 0.0468. The highest BCUT2D eigenvalue weighted by atomic mass is 19.1. The van der Waals surface area contributed by atoms with E-state index in [1.165, 1.54) is 24.3 Å². The number of nitrogens with zero attached hydrogens (tertiary/aromatic N) is 2. The van der Waals surface area contributed by atoms with E-state index in [2.05, 4.69) is 20.5 Å². The van der Waals surface area contributed by atoms with Crippen molar-refractivity contribution in [1.29, 1.82) is 0 Å². The molecule has 0 aliphatic rings. The van der Waals surface area contributed by atoms with E-state index in [9.17, 15) is 9.18 Å². The number of rotatable bonds is 2. The zero-order valence-corrected chi connectivity index (χ0v) is 8.49. The van der Waals surface area contributed by atoms with Gasteiger partial charge in [-0.25, -0.2) is 4.39 Å². The Labute approximate surface area is 90.7 Å². The van der Waals surface area contributed by atoms with E-state index in [1.807, 2.05) is 0 Å². The predicted molar refractivity (Wildman–Crippen MR) is 55.5 cm³/mol. The summed E-state index contributed by atoms with van der Waals surface area (Å²) in [4.78, 5) is 15.5. The van der Waals surface area contributed by atoms with E-state index in [0.717, 1.165) is 0 Å². The first-order chi connectivity index (χ1) is 7.65. The maximum absolute atomic E-state index is 12.6. The molecule has 0 atom stereocenters. The second kappa shape index (κ2) is 4.09. The number of aromatic nitrogens is 3. The summed E-state index contributed by atoms with van der Waals surface area (Å²) >= 11 is 0. The summed E-state index contributed by atoms with van der Waals surface area (Å²) in [6.07, 6.45) is 0. The monoisotopic (exact) mass is 220 g/mol. The standard InChI is InChI=1S/C10H9FN4O/c1-6-12-10(15-14-6)13-9(16)7-2-4-8(11)5-3-7/h2-5H,1H3,(H2,12,13,14,15,16). The Morgan fingerprint density at radius 2 is 2.06 bits per heavy atom. The van der Waals surface area contributed by atoms with Crippen molar-refractivity contribution in [3.63, 3.8) is 0 Å². The lowest BCUT2D eigenvalue weighted by molar-refractivity contribution is 0.102. The Hall–Kier alpha value is -2.24. The number of hydrogen-bond donors (Lipinski definition) is 2. The Morgan fingerprint density at radius 3 is 2.62 bits per heavy atom. The van der Waals surface area contributed by atoms with Gasteiger partial charge in [0.15, 0.2) is 0 Å². The van der Waals surface area contributed by atoms with Crippen molar-refractivity contribution in [3.05, 3.63) is 41.5 Å². The molecule has 0 fully saturated rings. The molecule has 0 bridgehead atoms. The molecule has 5 nitrogen and oxygen atoms in total. The fraction of sp³-hybridized carbons (Fsp3) is 0.100. The molecule has 0 unspecified atom stereocenters. The summed E-state index contributed by atoms with van der Waals surface area (Å²) in [5.41, 5.74) is 0.351. The van der Waals surface area contributed by atoms with Gasteiger partial charge in [-0.15, -0.1) is 5.10 Å². The molecule has 1 aromatic heterocycles. The lowest BCUT2D eigenvalue weighted by Gasteiger charge is -1.99. The molecular weight excluding hydrogens is 211 g/mol. The van der Waals surface area contributed by atoms with Gasteiger partial charge in [-0.3, -0.25) is 15.2 Å². The van der Waals surface area contributed by atoms with Crippen LogP contribution in [-0.4, -0.2) is 21.1 Å². The van der Waals surface area contributed by atoms with Gasteiger partial charge in [0, 0.05) is 5.56 Å². The number of nitrogens with one attached hydrogen (secondary N) is 2. The number of aryl methyl sites for hydroxylation is 1. The Kier molecular flexibility index (Phi) is 2.63. The van der Waals surface area contributed by atoms with Crippen molar-refractivity contribution in [2.45, 2.75) is 6.92 Å². The Morgan fingerprint density at radius 1 is 1.38 bits per heavy atom. The van der Waals surface area contributed by atoms with Crippen molar-refractivity contribution in [3.8, 4) is 0 Å². The number of hydrogen-bond acceptors (Lipinski definition) is 3. The van der Waals surface area contributed by atoms with Crippen LogP contribution in [0.3, 0.4) is 0 Å². The number of H-pyrrole nitrogens is 1. The molecule has 2 aromatic rings.